The van der Waals surface area contributed by atoms with Gasteiger partial charge in [-0.15, -0.1) is 11.6 Å². The van der Waals surface area contributed by atoms with E-state index in [0.717, 1.165) is 11.8 Å². The van der Waals surface area contributed by atoms with E-state index < -0.39 is 0 Å². The van der Waals surface area contributed by atoms with E-state index in [0.29, 0.717) is 5.92 Å². The van der Waals surface area contributed by atoms with Crippen LogP contribution in [0.25, 0.3) is 0 Å². The van der Waals surface area contributed by atoms with E-state index in [9.17, 15) is 0 Å². The van der Waals surface area contributed by atoms with Crippen LogP contribution in [0.15, 0.2) is 11.6 Å². The molecule has 1 aliphatic carbocycles. The molecule has 0 heterocycles. The zero-order valence-corrected chi connectivity index (χ0v) is 10.3. The summed E-state index contributed by atoms with van der Waals surface area (Å²) in [6.07, 6.45) is 10.6. The van der Waals surface area contributed by atoms with Gasteiger partial charge >= 0.3 is 0 Å². The number of halogens is 1. The van der Waals surface area contributed by atoms with Gasteiger partial charge in [-0.25, -0.2) is 0 Å². The van der Waals surface area contributed by atoms with Gasteiger partial charge in [0.05, 0.1) is 0 Å². The van der Waals surface area contributed by atoms with Crippen molar-refractivity contribution in [3.8, 4) is 0 Å². The molecule has 0 nitrogen and oxygen atoms in total. The highest BCUT2D eigenvalue weighted by molar-refractivity contribution is 6.19. The summed E-state index contributed by atoms with van der Waals surface area (Å²) in [5, 5.41) is 0. The summed E-state index contributed by atoms with van der Waals surface area (Å²) < 4.78 is 0. The summed E-state index contributed by atoms with van der Waals surface area (Å²) in [6.45, 7) is 4.53. The summed E-state index contributed by atoms with van der Waals surface area (Å²) in [4.78, 5) is 0. The van der Waals surface area contributed by atoms with Gasteiger partial charge in [0.2, 0.25) is 0 Å². The van der Waals surface area contributed by atoms with Gasteiger partial charge in [0.1, 0.15) is 0 Å². The molecule has 0 aromatic rings. The highest BCUT2D eigenvalue weighted by Gasteiger charge is 2.17. The standard InChI is InChI=1S/C13H23Cl/c1-3-11(2)9-13(10-14)12-7-5-4-6-8-12/h9,11-12H,3-8,10H2,1-2H3/b13-9-. The zero-order chi connectivity index (χ0) is 10.4. The number of hydrogen-bond acceptors (Lipinski definition) is 0. The van der Waals surface area contributed by atoms with Crippen molar-refractivity contribution < 1.29 is 0 Å². The highest BCUT2D eigenvalue weighted by atomic mass is 35.5. The lowest BCUT2D eigenvalue weighted by Gasteiger charge is -2.24. The van der Waals surface area contributed by atoms with Crippen molar-refractivity contribution in [1.29, 1.82) is 0 Å². The molecule has 1 heteroatoms. The zero-order valence-electron chi connectivity index (χ0n) is 9.56. The Balaban J connectivity index is 2.54. The molecular weight excluding hydrogens is 192 g/mol. The van der Waals surface area contributed by atoms with Gasteiger partial charge in [-0.05, 0) is 24.7 Å². The Bertz CT molecular complexity index is 178. The molecule has 0 radical (unpaired) electrons. The van der Waals surface area contributed by atoms with Crippen LogP contribution in [0.2, 0.25) is 0 Å². The van der Waals surface area contributed by atoms with Crippen molar-refractivity contribution in [2.45, 2.75) is 52.4 Å². The van der Waals surface area contributed by atoms with Crippen molar-refractivity contribution in [3.05, 3.63) is 11.6 Å². The predicted octanol–water partition coefficient (Wildman–Crippen LogP) is 4.78. The fourth-order valence-corrected chi connectivity index (χ4v) is 2.55. The Morgan fingerprint density at radius 1 is 1.36 bits per heavy atom. The molecule has 0 aromatic carbocycles. The number of hydrogen-bond donors (Lipinski definition) is 0. The van der Waals surface area contributed by atoms with Crippen LogP contribution >= 0.6 is 11.6 Å². The first-order valence-corrected chi connectivity index (χ1v) is 6.58. The monoisotopic (exact) mass is 214 g/mol. The highest BCUT2D eigenvalue weighted by Crippen LogP contribution is 2.31. The molecule has 0 aliphatic heterocycles. The minimum atomic E-state index is 0.700. The average molecular weight is 215 g/mol. The molecule has 0 N–H and O–H groups in total. The SMILES string of the molecule is CCC(C)/C=C(/CCl)C1CCCCC1. The van der Waals surface area contributed by atoms with Gasteiger partial charge < -0.3 is 0 Å². The van der Waals surface area contributed by atoms with E-state index in [1.165, 1.54) is 44.1 Å². The van der Waals surface area contributed by atoms with Crippen molar-refractivity contribution in [2.75, 3.05) is 5.88 Å². The third kappa shape index (κ3) is 3.65. The average Bonchev–Trinajstić information content (AvgIpc) is 2.26. The Labute approximate surface area is 93.7 Å². The van der Waals surface area contributed by atoms with Crippen LogP contribution in [0, 0.1) is 11.8 Å². The van der Waals surface area contributed by atoms with E-state index >= 15 is 0 Å². The first kappa shape index (κ1) is 12.1. The second kappa shape index (κ2) is 6.50. The van der Waals surface area contributed by atoms with Crippen molar-refractivity contribution >= 4 is 11.6 Å². The molecule has 1 unspecified atom stereocenters. The van der Waals surface area contributed by atoms with Crippen LogP contribution < -0.4 is 0 Å². The summed E-state index contributed by atoms with van der Waals surface area (Å²) in [5.41, 5.74) is 1.51. The van der Waals surface area contributed by atoms with Crippen LogP contribution in [0.4, 0.5) is 0 Å². The Hall–Kier alpha value is 0.0300. The van der Waals surface area contributed by atoms with Crippen LogP contribution in [0.3, 0.4) is 0 Å². The lowest BCUT2D eigenvalue weighted by molar-refractivity contribution is 0.401. The molecule has 0 amide bonds. The summed E-state index contributed by atoms with van der Waals surface area (Å²) in [7, 11) is 0. The second-order valence-electron chi connectivity index (χ2n) is 4.60. The lowest BCUT2D eigenvalue weighted by atomic mass is 9.83. The third-order valence-electron chi connectivity index (χ3n) is 3.43. The first-order chi connectivity index (χ1) is 6.77. The Kier molecular flexibility index (Phi) is 5.62. The quantitative estimate of drug-likeness (QED) is 0.467. The topological polar surface area (TPSA) is 0 Å². The summed E-state index contributed by atoms with van der Waals surface area (Å²) >= 11 is 6.03. The van der Waals surface area contributed by atoms with Crippen molar-refractivity contribution in [2.24, 2.45) is 11.8 Å². The maximum absolute atomic E-state index is 6.03. The molecule has 14 heavy (non-hydrogen) atoms. The maximum Gasteiger partial charge on any atom is 0.0436 e. The second-order valence-corrected chi connectivity index (χ2v) is 4.86. The summed E-state index contributed by atoms with van der Waals surface area (Å²) in [5.74, 6) is 2.25. The smallest absolute Gasteiger partial charge is 0.0436 e. The first-order valence-electron chi connectivity index (χ1n) is 6.04. The predicted molar refractivity (Wildman–Crippen MR) is 64.8 cm³/mol. The number of rotatable bonds is 4. The van der Waals surface area contributed by atoms with Gasteiger partial charge in [-0.3, -0.25) is 0 Å². The largest absolute Gasteiger partial charge is 0.122 e. The fourth-order valence-electron chi connectivity index (χ4n) is 2.25. The van der Waals surface area contributed by atoms with Gasteiger partial charge in [0, 0.05) is 5.88 Å². The maximum atomic E-state index is 6.03. The molecule has 0 saturated heterocycles. The number of allylic oxidation sites excluding steroid dienone is 2. The lowest BCUT2D eigenvalue weighted by Crippen LogP contribution is -2.11. The Morgan fingerprint density at radius 3 is 2.50 bits per heavy atom. The molecular formula is C13H23Cl. The van der Waals surface area contributed by atoms with E-state index in [1.54, 1.807) is 0 Å². The van der Waals surface area contributed by atoms with E-state index in [2.05, 4.69) is 19.9 Å². The van der Waals surface area contributed by atoms with Crippen molar-refractivity contribution in [3.63, 3.8) is 0 Å². The number of alkyl halides is 1. The van der Waals surface area contributed by atoms with Crippen LogP contribution in [-0.4, -0.2) is 5.88 Å². The normalized spacial score (nSPS) is 22.4. The minimum absolute atomic E-state index is 0.700. The molecule has 1 saturated carbocycles. The van der Waals surface area contributed by atoms with Crippen LogP contribution in [0.5, 0.6) is 0 Å². The molecule has 1 rings (SSSR count). The summed E-state index contributed by atoms with van der Waals surface area (Å²) in [6, 6.07) is 0. The van der Waals surface area contributed by atoms with Gasteiger partial charge in [-0.1, -0.05) is 51.2 Å². The van der Waals surface area contributed by atoms with Crippen LogP contribution in [-0.2, 0) is 0 Å². The molecule has 1 fully saturated rings. The molecule has 82 valence electrons. The van der Waals surface area contributed by atoms with Crippen molar-refractivity contribution in [1.82, 2.24) is 0 Å². The van der Waals surface area contributed by atoms with E-state index in [-0.39, 0.29) is 0 Å². The molecule has 0 bridgehead atoms. The molecule has 1 atom stereocenters. The van der Waals surface area contributed by atoms with Gasteiger partial charge in [0.25, 0.3) is 0 Å². The van der Waals surface area contributed by atoms with Gasteiger partial charge in [-0.2, -0.15) is 0 Å². The molecule has 0 aromatic heterocycles. The molecule has 0 spiro atoms. The van der Waals surface area contributed by atoms with Crippen LogP contribution in [0.1, 0.15) is 52.4 Å². The fraction of sp³-hybridized carbons (Fsp3) is 0.846. The third-order valence-corrected chi connectivity index (χ3v) is 3.74. The van der Waals surface area contributed by atoms with E-state index in [1.807, 2.05) is 0 Å². The molecule has 1 aliphatic rings. The van der Waals surface area contributed by atoms with E-state index in [4.69, 9.17) is 11.6 Å². The Morgan fingerprint density at radius 2 is 2.00 bits per heavy atom. The minimum Gasteiger partial charge on any atom is -0.122 e. The van der Waals surface area contributed by atoms with Gasteiger partial charge in [0.15, 0.2) is 0 Å².